The average Bonchev–Trinajstić information content (AvgIpc) is 2.41. The van der Waals surface area contributed by atoms with Crippen molar-refractivity contribution in [3.63, 3.8) is 0 Å². The highest BCUT2D eigenvalue weighted by Crippen LogP contribution is 2.22. The fourth-order valence-corrected chi connectivity index (χ4v) is 2.10. The van der Waals surface area contributed by atoms with Crippen LogP contribution in [0.5, 0.6) is 0 Å². The Morgan fingerprint density at radius 3 is 2.32 bits per heavy atom. The van der Waals surface area contributed by atoms with E-state index >= 15 is 0 Å². The quantitative estimate of drug-likeness (QED) is 0.750. The molecule has 0 aliphatic rings. The first kappa shape index (κ1) is 16.1. The van der Waals surface area contributed by atoms with E-state index in [0.717, 1.165) is 32.2 Å². The predicted molar refractivity (Wildman–Crippen MR) is 75.2 cm³/mol. The second-order valence-electron chi connectivity index (χ2n) is 4.85. The number of hydrogen-bond acceptors (Lipinski definition) is 2. The molecule has 0 spiro atoms. The van der Waals surface area contributed by atoms with Crippen LogP contribution in [-0.2, 0) is 0 Å². The Hall–Kier alpha value is -1.00. The third-order valence-corrected chi connectivity index (χ3v) is 3.73. The lowest BCUT2D eigenvalue weighted by Crippen LogP contribution is -2.34. The summed E-state index contributed by atoms with van der Waals surface area (Å²) >= 11 is 0. The van der Waals surface area contributed by atoms with Crippen LogP contribution in [0.1, 0.15) is 32.4 Å². The molecule has 1 rings (SSSR count). The van der Waals surface area contributed by atoms with Crippen LogP contribution < -0.4 is 0 Å². The lowest BCUT2D eigenvalue weighted by Gasteiger charge is -2.28. The SMILES string of the molecule is CCN(CC)CCN(C)[C@H](C)c1cc(F)ccc1F. The summed E-state index contributed by atoms with van der Waals surface area (Å²) < 4.78 is 26.9. The van der Waals surface area contributed by atoms with Gasteiger partial charge in [-0.2, -0.15) is 0 Å². The van der Waals surface area contributed by atoms with Gasteiger partial charge in [0.1, 0.15) is 11.6 Å². The summed E-state index contributed by atoms with van der Waals surface area (Å²) in [5.41, 5.74) is 0.419. The van der Waals surface area contributed by atoms with Gasteiger partial charge < -0.3 is 4.90 Å². The van der Waals surface area contributed by atoms with Gasteiger partial charge >= 0.3 is 0 Å². The molecule has 1 aromatic carbocycles. The maximum Gasteiger partial charge on any atom is 0.128 e. The Kier molecular flexibility index (Phi) is 6.38. The third-order valence-electron chi connectivity index (χ3n) is 3.73. The summed E-state index contributed by atoms with van der Waals surface area (Å²) in [5.74, 6) is -0.732. The van der Waals surface area contributed by atoms with Crippen LogP contribution in [0, 0.1) is 11.6 Å². The summed E-state index contributed by atoms with van der Waals surface area (Å²) in [6, 6.07) is 3.50. The van der Waals surface area contributed by atoms with Crippen molar-refractivity contribution in [2.45, 2.75) is 26.8 Å². The van der Waals surface area contributed by atoms with E-state index in [1.54, 1.807) is 0 Å². The zero-order valence-corrected chi connectivity index (χ0v) is 12.3. The van der Waals surface area contributed by atoms with E-state index in [4.69, 9.17) is 0 Å². The predicted octanol–water partition coefficient (Wildman–Crippen LogP) is 3.30. The van der Waals surface area contributed by atoms with Gasteiger partial charge in [0.25, 0.3) is 0 Å². The summed E-state index contributed by atoms with van der Waals surface area (Å²) in [6.07, 6.45) is 0. The van der Waals surface area contributed by atoms with E-state index in [9.17, 15) is 8.78 Å². The lowest BCUT2D eigenvalue weighted by molar-refractivity contribution is 0.203. The average molecular weight is 270 g/mol. The normalized spacial score (nSPS) is 13.3. The standard InChI is InChI=1S/C15H24F2N2/c1-5-19(6-2)10-9-18(4)12(3)14-11-13(16)7-8-15(14)17/h7-8,11-12H,5-6,9-10H2,1-4H3/t12-/m1/s1. The molecule has 0 unspecified atom stereocenters. The first-order chi connectivity index (χ1) is 8.99. The molecule has 0 heterocycles. The Labute approximate surface area is 115 Å². The van der Waals surface area contributed by atoms with E-state index in [0.29, 0.717) is 5.56 Å². The monoisotopic (exact) mass is 270 g/mol. The number of rotatable bonds is 7. The van der Waals surface area contributed by atoms with Crippen LogP contribution in [0.25, 0.3) is 0 Å². The van der Waals surface area contributed by atoms with Crippen LogP contribution >= 0.6 is 0 Å². The number of hydrogen-bond donors (Lipinski definition) is 0. The van der Waals surface area contributed by atoms with Gasteiger partial charge in [-0.1, -0.05) is 13.8 Å². The molecule has 4 heteroatoms. The number of halogens is 2. The van der Waals surface area contributed by atoms with Crippen molar-refractivity contribution in [2.75, 3.05) is 33.2 Å². The van der Waals surface area contributed by atoms with Gasteiger partial charge in [-0.3, -0.25) is 4.90 Å². The molecule has 0 aliphatic heterocycles. The highest BCUT2D eigenvalue weighted by Gasteiger charge is 2.16. The molecule has 0 amide bonds. The molecule has 0 aromatic heterocycles. The molecule has 1 aromatic rings. The van der Waals surface area contributed by atoms with E-state index in [-0.39, 0.29) is 17.7 Å². The van der Waals surface area contributed by atoms with Gasteiger partial charge in [0.15, 0.2) is 0 Å². The van der Waals surface area contributed by atoms with Gasteiger partial charge in [-0.25, -0.2) is 8.78 Å². The molecule has 19 heavy (non-hydrogen) atoms. The number of benzene rings is 1. The maximum absolute atomic E-state index is 13.7. The Morgan fingerprint density at radius 2 is 1.74 bits per heavy atom. The molecular weight excluding hydrogens is 246 g/mol. The second-order valence-corrected chi connectivity index (χ2v) is 4.85. The number of likely N-dealkylation sites (N-methyl/N-ethyl adjacent to an activating group) is 2. The Bertz CT molecular complexity index is 392. The fraction of sp³-hybridized carbons (Fsp3) is 0.600. The van der Waals surface area contributed by atoms with E-state index < -0.39 is 0 Å². The van der Waals surface area contributed by atoms with Gasteiger partial charge in [-0.05, 0) is 45.3 Å². The number of nitrogens with zero attached hydrogens (tertiary/aromatic N) is 2. The molecule has 2 nitrogen and oxygen atoms in total. The molecule has 0 saturated heterocycles. The first-order valence-electron chi connectivity index (χ1n) is 6.87. The van der Waals surface area contributed by atoms with Crippen LogP contribution in [0.2, 0.25) is 0 Å². The molecule has 0 saturated carbocycles. The van der Waals surface area contributed by atoms with Crippen molar-refractivity contribution in [3.05, 3.63) is 35.4 Å². The second kappa shape index (κ2) is 7.56. The molecule has 1 atom stereocenters. The smallest absolute Gasteiger partial charge is 0.128 e. The minimum Gasteiger partial charge on any atom is -0.303 e. The Balaban J connectivity index is 2.65. The molecule has 0 radical (unpaired) electrons. The van der Waals surface area contributed by atoms with Crippen molar-refractivity contribution in [3.8, 4) is 0 Å². The van der Waals surface area contributed by atoms with Crippen LogP contribution in [0.3, 0.4) is 0 Å². The minimum absolute atomic E-state index is 0.133. The summed E-state index contributed by atoms with van der Waals surface area (Å²) in [5, 5.41) is 0. The zero-order valence-electron chi connectivity index (χ0n) is 12.3. The lowest BCUT2D eigenvalue weighted by atomic mass is 10.1. The van der Waals surface area contributed by atoms with Crippen molar-refractivity contribution < 1.29 is 8.78 Å². The highest BCUT2D eigenvalue weighted by atomic mass is 19.1. The summed E-state index contributed by atoms with van der Waals surface area (Å²) in [6.45, 7) is 9.93. The summed E-state index contributed by atoms with van der Waals surface area (Å²) in [7, 11) is 1.94. The Morgan fingerprint density at radius 1 is 1.11 bits per heavy atom. The molecule has 0 fully saturated rings. The third kappa shape index (κ3) is 4.55. The van der Waals surface area contributed by atoms with Crippen molar-refractivity contribution in [2.24, 2.45) is 0 Å². The van der Waals surface area contributed by atoms with E-state index in [1.165, 1.54) is 12.1 Å². The first-order valence-corrected chi connectivity index (χ1v) is 6.87. The van der Waals surface area contributed by atoms with Crippen molar-refractivity contribution in [1.82, 2.24) is 9.80 Å². The highest BCUT2D eigenvalue weighted by molar-refractivity contribution is 5.21. The molecule has 108 valence electrons. The van der Waals surface area contributed by atoms with Crippen LogP contribution in [0.4, 0.5) is 8.78 Å². The topological polar surface area (TPSA) is 6.48 Å². The van der Waals surface area contributed by atoms with Gasteiger partial charge in [0.05, 0.1) is 0 Å². The molecule has 0 aliphatic carbocycles. The largest absolute Gasteiger partial charge is 0.303 e. The molecular formula is C15H24F2N2. The summed E-state index contributed by atoms with van der Waals surface area (Å²) in [4.78, 5) is 4.36. The molecule has 0 N–H and O–H groups in total. The van der Waals surface area contributed by atoms with Crippen molar-refractivity contribution >= 4 is 0 Å². The van der Waals surface area contributed by atoms with Gasteiger partial charge in [-0.15, -0.1) is 0 Å². The van der Waals surface area contributed by atoms with Gasteiger partial charge in [0, 0.05) is 24.7 Å². The molecule has 0 bridgehead atoms. The fourth-order valence-electron chi connectivity index (χ4n) is 2.10. The van der Waals surface area contributed by atoms with E-state index in [2.05, 4.69) is 23.6 Å². The van der Waals surface area contributed by atoms with Crippen molar-refractivity contribution in [1.29, 1.82) is 0 Å². The van der Waals surface area contributed by atoms with Gasteiger partial charge in [0.2, 0.25) is 0 Å². The van der Waals surface area contributed by atoms with E-state index in [1.807, 2.05) is 14.0 Å². The van der Waals surface area contributed by atoms with Crippen LogP contribution in [-0.4, -0.2) is 43.0 Å². The maximum atomic E-state index is 13.7. The minimum atomic E-state index is -0.389. The zero-order chi connectivity index (χ0) is 14.4. The van der Waals surface area contributed by atoms with Crippen LogP contribution in [0.15, 0.2) is 18.2 Å².